The second-order valence-electron chi connectivity index (χ2n) is 5.73. The highest BCUT2D eigenvalue weighted by atomic mass is 35.5. The van der Waals surface area contributed by atoms with E-state index in [1.807, 2.05) is 0 Å². The van der Waals surface area contributed by atoms with Crippen LogP contribution < -0.4 is 4.90 Å². The highest BCUT2D eigenvalue weighted by Gasteiger charge is 2.21. The molecule has 0 saturated carbocycles. The Hall–Kier alpha value is -2.31. The van der Waals surface area contributed by atoms with Gasteiger partial charge in [-0.15, -0.1) is 0 Å². The molecule has 0 bridgehead atoms. The first-order valence-electron chi connectivity index (χ1n) is 7.36. The summed E-state index contributed by atoms with van der Waals surface area (Å²) in [6.45, 7) is 0.238. The molecular weight excluding hydrogens is 365 g/mol. The summed E-state index contributed by atoms with van der Waals surface area (Å²) < 4.78 is 0. The zero-order chi connectivity index (χ0) is 18.7. The summed E-state index contributed by atoms with van der Waals surface area (Å²) in [5.74, 6) is -0.343. The van der Waals surface area contributed by atoms with Gasteiger partial charge in [-0.05, 0) is 23.8 Å². The summed E-state index contributed by atoms with van der Waals surface area (Å²) in [5, 5.41) is 12.1. The molecule has 2 aromatic rings. The second kappa shape index (κ2) is 7.72. The zero-order valence-electron chi connectivity index (χ0n) is 14.0. The highest BCUT2D eigenvalue weighted by molar-refractivity contribution is 6.42. The summed E-state index contributed by atoms with van der Waals surface area (Å²) in [5.41, 5.74) is 1.24. The maximum atomic E-state index is 12.6. The smallest absolute Gasteiger partial charge is 0.293 e. The minimum absolute atomic E-state index is 0.120. The number of nitrogens with zero attached hydrogens (tertiary/aromatic N) is 3. The Morgan fingerprint density at radius 2 is 1.84 bits per heavy atom. The van der Waals surface area contributed by atoms with Crippen LogP contribution in [0.25, 0.3) is 0 Å². The molecule has 0 spiro atoms. The van der Waals surface area contributed by atoms with Crippen molar-refractivity contribution >= 4 is 40.5 Å². The molecule has 0 heterocycles. The summed E-state index contributed by atoms with van der Waals surface area (Å²) in [4.78, 5) is 26.4. The number of hydrogen-bond donors (Lipinski definition) is 0. The third kappa shape index (κ3) is 4.21. The number of carbonyl (C=O) groups excluding carboxylic acids is 1. The lowest BCUT2D eigenvalue weighted by Crippen LogP contribution is -2.26. The van der Waals surface area contributed by atoms with E-state index in [9.17, 15) is 14.9 Å². The number of amides is 1. The zero-order valence-corrected chi connectivity index (χ0v) is 15.5. The largest absolute Gasteiger partial charge is 0.372 e. The first-order valence-corrected chi connectivity index (χ1v) is 8.12. The molecule has 2 aromatic carbocycles. The van der Waals surface area contributed by atoms with Crippen LogP contribution >= 0.6 is 23.2 Å². The molecule has 25 heavy (non-hydrogen) atoms. The van der Waals surface area contributed by atoms with Crippen LogP contribution in [0.15, 0.2) is 36.4 Å². The number of anilines is 1. The van der Waals surface area contributed by atoms with E-state index in [4.69, 9.17) is 23.2 Å². The fraction of sp³-hybridized carbons (Fsp3) is 0.235. The SMILES string of the molecule is CN(Cc1cccc(Cl)c1Cl)C(=O)c1ccc(N(C)C)c([N+](=O)[O-])c1. The van der Waals surface area contributed by atoms with Gasteiger partial charge in [0.2, 0.25) is 0 Å². The van der Waals surface area contributed by atoms with Gasteiger partial charge in [0.25, 0.3) is 11.6 Å². The number of carbonyl (C=O) groups is 1. The van der Waals surface area contributed by atoms with Gasteiger partial charge in [0.15, 0.2) is 0 Å². The summed E-state index contributed by atoms with van der Waals surface area (Å²) in [7, 11) is 5.01. The van der Waals surface area contributed by atoms with Gasteiger partial charge < -0.3 is 9.80 Å². The van der Waals surface area contributed by atoms with E-state index in [0.29, 0.717) is 21.3 Å². The maximum Gasteiger partial charge on any atom is 0.293 e. The lowest BCUT2D eigenvalue weighted by molar-refractivity contribution is -0.384. The van der Waals surface area contributed by atoms with Gasteiger partial charge in [0, 0.05) is 39.3 Å². The quantitative estimate of drug-likeness (QED) is 0.573. The van der Waals surface area contributed by atoms with Crippen LogP contribution in [-0.4, -0.2) is 36.9 Å². The van der Waals surface area contributed by atoms with Crippen molar-refractivity contribution in [2.45, 2.75) is 6.54 Å². The molecule has 6 nitrogen and oxygen atoms in total. The standard InChI is InChI=1S/C17H17Cl2N3O3/c1-20(2)14-8-7-11(9-15(14)22(24)25)17(23)21(3)10-12-5-4-6-13(18)16(12)19/h4-9H,10H2,1-3H3. The average molecular weight is 382 g/mol. The topological polar surface area (TPSA) is 66.7 Å². The molecule has 1 amide bonds. The van der Waals surface area contributed by atoms with Crippen LogP contribution in [0.4, 0.5) is 11.4 Å². The third-order valence-electron chi connectivity index (χ3n) is 3.69. The molecule has 0 aliphatic rings. The van der Waals surface area contributed by atoms with E-state index < -0.39 is 4.92 Å². The fourth-order valence-corrected chi connectivity index (χ4v) is 2.78. The molecule has 0 saturated heterocycles. The van der Waals surface area contributed by atoms with Crippen LogP contribution in [0.1, 0.15) is 15.9 Å². The fourth-order valence-electron chi connectivity index (χ4n) is 2.40. The van der Waals surface area contributed by atoms with Crippen molar-refractivity contribution in [3.05, 3.63) is 67.7 Å². The van der Waals surface area contributed by atoms with Crippen LogP contribution in [0.5, 0.6) is 0 Å². The number of rotatable bonds is 5. The lowest BCUT2D eigenvalue weighted by Gasteiger charge is -2.19. The first-order chi connectivity index (χ1) is 11.7. The van der Waals surface area contributed by atoms with E-state index in [2.05, 4.69) is 0 Å². The maximum absolute atomic E-state index is 12.6. The minimum Gasteiger partial charge on any atom is -0.372 e. The number of benzene rings is 2. The van der Waals surface area contributed by atoms with Crippen molar-refractivity contribution < 1.29 is 9.72 Å². The molecule has 0 unspecified atom stereocenters. The normalized spacial score (nSPS) is 10.4. The van der Waals surface area contributed by atoms with Crippen molar-refractivity contribution in [3.8, 4) is 0 Å². The van der Waals surface area contributed by atoms with Gasteiger partial charge in [-0.3, -0.25) is 14.9 Å². The van der Waals surface area contributed by atoms with Crippen LogP contribution in [0.2, 0.25) is 10.0 Å². The molecule has 132 valence electrons. The Morgan fingerprint density at radius 3 is 2.44 bits per heavy atom. The minimum atomic E-state index is -0.500. The number of halogens is 2. The molecular formula is C17H17Cl2N3O3. The Balaban J connectivity index is 2.29. The Morgan fingerprint density at radius 1 is 1.16 bits per heavy atom. The van der Waals surface area contributed by atoms with Crippen molar-refractivity contribution in [2.24, 2.45) is 0 Å². The second-order valence-corrected chi connectivity index (χ2v) is 6.51. The van der Waals surface area contributed by atoms with E-state index in [0.717, 1.165) is 0 Å². The molecule has 0 aromatic heterocycles. The monoisotopic (exact) mass is 381 g/mol. The molecule has 2 rings (SSSR count). The van der Waals surface area contributed by atoms with E-state index >= 15 is 0 Å². The molecule has 0 fully saturated rings. The number of nitro benzene ring substituents is 1. The van der Waals surface area contributed by atoms with Crippen LogP contribution in [0, 0.1) is 10.1 Å². The van der Waals surface area contributed by atoms with Gasteiger partial charge in [0.1, 0.15) is 5.69 Å². The third-order valence-corrected chi connectivity index (χ3v) is 4.54. The van der Waals surface area contributed by atoms with E-state index in [1.165, 1.54) is 11.0 Å². The van der Waals surface area contributed by atoms with Crippen molar-refractivity contribution in [3.63, 3.8) is 0 Å². The molecule has 0 N–H and O–H groups in total. The van der Waals surface area contributed by atoms with Gasteiger partial charge in [-0.2, -0.15) is 0 Å². The summed E-state index contributed by atoms with van der Waals surface area (Å²) >= 11 is 12.1. The molecule has 0 aliphatic carbocycles. The summed E-state index contributed by atoms with van der Waals surface area (Å²) in [6.07, 6.45) is 0. The molecule has 0 atom stereocenters. The van der Waals surface area contributed by atoms with Crippen molar-refractivity contribution in [1.29, 1.82) is 0 Å². The highest BCUT2D eigenvalue weighted by Crippen LogP contribution is 2.29. The predicted molar refractivity (Wildman–Crippen MR) is 99.7 cm³/mol. The predicted octanol–water partition coefficient (Wildman–Crippen LogP) is 4.24. The van der Waals surface area contributed by atoms with Gasteiger partial charge in [0.05, 0.1) is 15.0 Å². The van der Waals surface area contributed by atoms with Crippen molar-refractivity contribution in [1.82, 2.24) is 4.90 Å². The molecule has 0 radical (unpaired) electrons. The van der Waals surface area contributed by atoms with Gasteiger partial charge in [-0.25, -0.2) is 0 Å². The Labute approximate surface area is 155 Å². The van der Waals surface area contributed by atoms with E-state index in [-0.39, 0.29) is 23.7 Å². The Kier molecular flexibility index (Phi) is 5.87. The summed E-state index contributed by atoms with van der Waals surface area (Å²) in [6, 6.07) is 9.60. The first kappa shape index (κ1) is 19.0. The lowest BCUT2D eigenvalue weighted by atomic mass is 10.1. The van der Waals surface area contributed by atoms with Crippen LogP contribution in [0.3, 0.4) is 0 Å². The number of nitro groups is 1. The van der Waals surface area contributed by atoms with Crippen molar-refractivity contribution in [2.75, 3.05) is 26.0 Å². The van der Waals surface area contributed by atoms with Crippen LogP contribution in [-0.2, 0) is 6.54 Å². The molecule has 8 heteroatoms. The molecule has 0 aliphatic heterocycles. The number of hydrogen-bond acceptors (Lipinski definition) is 4. The average Bonchev–Trinajstić information content (AvgIpc) is 2.57. The van der Waals surface area contributed by atoms with E-state index in [1.54, 1.807) is 56.4 Å². The Bertz CT molecular complexity index is 825. The van der Waals surface area contributed by atoms with Gasteiger partial charge >= 0.3 is 0 Å². The van der Waals surface area contributed by atoms with Gasteiger partial charge in [-0.1, -0.05) is 35.3 Å².